The molecule has 1 amide bonds. The minimum atomic E-state index is -0.108. The smallest absolute Gasteiger partial charge is 0.306 e. The second kappa shape index (κ2) is 8.06. The van der Waals surface area contributed by atoms with E-state index >= 15 is 0 Å². The monoisotopic (exact) mass is 313 g/mol. The number of hydrogen-bond donors (Lipinski definition) is 1. The van der Waals surface area contributed by atoms with Crippen LogP contribution in [0.3, 0.4) is 0 Å². The average Bonchev–Trinajstić information content (AvgIpc) is 3.24. The molecule has 0 aromatic carbocycles. The Labute approximate surface area is 131 Å². The van der Waals surface area contributed by atoms with Crippen LogP contribution in [0, 0.1) is 5.41 Å². The van der Waals surface area contributed by atoms with Gasteiger partial charge in [-0.3, -0.25) is 9.59 Å². The van der Waals surface area contributed by atoms with E-state index < -0.39 is 0 Å². The number of rotatable bonds is 8. The van der Waals surface area contributed by atoms with Crippen LogP contribution in [0.15, 0.2) is 0 Å². The lowest BCUT2D eigenvalue weighted by Crippen LogP contribution is -2.36. The first kappa shape index (κ1) is 16.7. The topological polar surface area (TPSA) is 55.4 Å². The maximum Gasteiger partial charge on any atom is 0.306 e. The summed E-state index contributed by atoms with van der Waals surface area (Å²) in [6, 6.07) is 0.408. The van der Waals surface area contributed by atoms with Crippen LogP contribution in [0.1, 0.15) is 57.8 Å². The molecule has 2 saturated carbocycles. The molecule has 5 heteroatoms. The van der Waals surface area contributed by atoms with Crippen molar-refractivity contribution < 1.29 is 14.3 Å². The van der Waals surface area contributed by atoms with Crippen molar-refractivity contribution in [1.82, 2.24) is 5.32 Å². The number of carbonyl (C=O) groups is 2. The van der Waals surface area contributed by atoms with E-state index in [0.717, 1.165) is 37.2 Å². The van der Waals surface area contributed by atoms with E-state index in [2.05, 4.69) is 5.32 Å². The lowest BCUT2D eigenvalue weighted by Gasteiger charge is -2.22. The first-order chi connectivity index (χ1) is 10.1. The molecule has 2 aliphatic rings. The fraction of sp³-hybridized carbons (Fsp3) is 0.875. The van der Waals surface area contributed by atoms with Crippen LogP contribution < -0.4 is 5.32 Å². The number of carbonyl (C=O) groups excluding carboxylic acids is 2. The van der Waals surface area contributed by atoms with Gasteiger partial charge in [-0.05, 0) is 36.9 Å². The number of nitrogens with one attached hydrogen (secondary N) is 1. The van der Waals surface area contributed by atoms with Gasteiger partial charge in [-0.1, -0.05) is 19.3 Å². The van der Waals surface area contributed by atoms with Crippen molar-refractivity contribution >= 4 is 23.6 Å². The molecule has 4 nitrogen and oxygen atoms in total. The van der Waals surface area contributed by atoms with Crippen LogP contribution in [0.4, 0.5) is 0 Å². The standard InChI is InChI=1S/C16H27NO3S/c1-20-15(19)11-16(8-9-16)12-21-10-7-14(18)17-13-5-3-2-4-6-13/h13H,2-12H2,1H3,(H,17,18). The number of ether oxygens (including phenoxy) is 1. The largest absolute Gasteiger partial charge is 0.469 e. The van der Waals surface area contributed by atoms with Crippen LogP contribution in [-0.4, -0.2) is 36.5 Å². The molecule has 0 bridgehead atoms. The Hall–Kier alpha value is -0.710. The molecule has 0 unspecified atom stereocenters. The molecule has 120 valence electrons. The van der Waals surface area contributed by atoms with Gasteiger partial charge in [0.05, 0.1) is 13.5 Å². The zero-order valence-electron chi connectivity index (χ0n) is 13.0. The lowest BCUT2D eigenvalue weighted by atomic mass is 9.95. The van der Waals surface area contributed by atoms with E-state index in [1.807, 2.05) is 0 Å². The zero-order chi connectivity index (χ0) is 15.1. The van der Waals surface area contributed by atoms with E-state index in [1.165, 1.54) is 26.4 Å². The third-order valence-corrected chi connectivity index (χ3v) is 5.87. The number of methoxy groups -OCH3 is 1. The highest BCUT2D eigenvalue weighted by atomic mass is 32.2. The molecule has 0 radical (unpaired) electrons. The Morgan fingerprint density at radius 3 is 2.57 bits per heavy atom. The summed E-state index contributed by atoms with van der Waals surface area (Å²) < 4.78 is 4.74. The van der Waals surface area contributed by atoms with E-state index in [-0.39, 0.29) is 17.3 Å². The van der Waals surface area contributed by atoms with Crippen LogP contribution in [0.5, 0.6) is 0 Å². The van der Waals surface area contributed by atoms with E-state index in [9.17, 15) is 9.59 Å². The summed E-state index contributed by atoms with van der Waals surface area (Å²) in [5.74, 6) is 1.90. The van der Waals surface area contributed by atoms with E-state index in [1.54, 1.807) is 11.8 Å². The molecule has 0 aromatic heterocycles. The molecule has 0 atom stereocenters. The van der Waals surface area contributed by atoms with Gasteiger partial charge in [0.1, 0.15) is 0 Å². The summed E-state index contributed by atoms with van der Waals surface area (Å²) in [4.78, 5) is 23.2. The highest BCUT2D eigenvalue weighted by Gasteiger charge is 2.44. The Morgan fingerprint density at radius 2 is 1.95 bits per heavy atom. The van der Waals surface area contributed by atoms with Crippen LogP contribution >= 0.6 is 11.8 Å². The first-order valence-electron chi connectivity index (χ1n) is 8.07. The molecule has 2 rings (SSSR count). The molecule has 2 aliphatic carbocycles. The Bertz CT molecular complexity index is 363. The molecule has 0 heterocycles. The minimum Gasteiger partial charge on any atom is -0.469 e. The second-order valence-corrected chi connectivity index (χ2v) is 7.56. The molecule has 21 heavy (non-hydrogen) atoms. The molecule has 2 fully saturated rings. The van der Waals surface area contributed by atoms with Crippen molar-refractivity contribution in [3.05, 3.63) is 0 Å². The molecular weight excluding hydrogens is 286 g/mol. The molecule has 0 aromatic rings. The predicted octanol–water partition coefficient (Wildman–Crippen LogP) is 2.90. The summed E-state index contributed by atoms with van der Waals surface area (Å²) in [6.45, 7) is 0. The normalized spacial score (nSPS) is 20.8. The van der Waals surface area contributed by atoms with Crippen molar-refractivity contribution in [3.63, 3.8) is 0 Å². The van der Waals surface area contributed by atoms with Gasteiger partial charge in [-0.25, -0.2) is 0 Å². The number of esters is 1. The van der Waals surface area contributed by atoms with E-state index in [4.69, 9.17) is 4.74 Å². The van der Waals surface area contributed by atoms with Gasteiger partial charge in [-0.15, -0.1) is 0 Å². The Kier molecular flexibility index (Phi) is 6.40. The summed E-state index contributed by atoms with van der Waals surface area (Å²) >= 11 is 1.80. The van der Waals surface area contributed by atoms with Crippen molar-refractivity contribution in [2.24, 2.45) is 5.41 Å². The van der Waals surface area contributed by atoms with Crippen molar-refractivity contribution in [1.29, 1.82) is 0 Å². The van der Waals surface area contributed by atoms with Crippen molar-refractivity contribution in [3.8, 4) is 0 Å². The summed E-state index contributed by atoms with van der Waals surface area (Å²) in [7, 11) is 1.45. The van der Waals surface area contributed by atoms with Gasteiger partial charge >= 0.3 is 5.97 Å². The summed E-state index contributed by atoms with van der Waals surface area (Å²) in [5, 5.41) is 3.15. The van der Waals surface area contributed by atoms with E-state index in [0.29, 0.717) is 18.9 Å². The maximum atomic E-state index is 11.9. The summed E-state index contributed by atoms with van der Waals surface area (Å²) in [6.07, 6.45) is 9.44. The SMILES string of the molecule is COC(=O)CC1(CSCCC(=O)NC2CCCCC2)CC1. The number of amides is 1. The maximum absolute atomic E-state index is 11.9. The molecule has 0 saturated heterocycles. The highest BCUT2D eigenvalue weighted by Crippen LogP contribution is 2.51. The van der Waals surface area contributed by atoms with Crippen LogP contribution in [0.2, 0.25) is 0 Å². The van der Waals surface area contributed by atoms with Gasteiger partial charge in [-0.2, -0.15) is 11.8 Å². The number of thioether (sulfide) groups is 1. The van der Waals surface area contributed by atoms with Gasteiger partial charge in [0.15, 0.2) is 0 Å². The molecule has 0 spiro atoms. The minimum absolute atomic E-state index is 0.108. The van der Waals surface area contributed by atoms with Crippen LogP contribution in [0.25, 0.3) is 0 Å². The molecule has 1 N–H and O–H groups in total. The van der Waals surface area contributed by atoms with Crippen molar-refractivity contribution in [2.75, 3.05) is 18.6 Å². The lowest BCUT2D eigenvalue weighted by molar-refractivity contribution is -0.141. The average molecular weight is 313 g/mol. The van der Waals surface area contributed by atoms with Gasteiger partial charge < -0.3 is 10.1 Å². The van der Waals surface area contributed by atoms with Crippen LogP contribution in [-0.2, 0) is 14.3 Å². The third-order valence-electron chi connectivity index (χ3n) is 4.56. The van der Waals surface area contributed by atoms with Gasteiger partial charge in [0.2, 0.25) is 5.91 Å². The van der Waals surface area contributed by atoms with Gasteiger partial charge in [0.25, 0.3) is 0 Å². The summed E-state index contributed by atoms with van der Waals surface area (Å²) in [5.41, 5.74) is 0.164. The first-order valence-corrected chi connectivity index (χ1v) is 9.23. The highest BCUT2D eigenvalue weighted by molar-refractivity contribution is 7.99. The molecule has 0 aliphatic heterocycles. The predicted molar refractivity (Wildman–Crippen MR) is 85.3 cm³/mol. The Morgan fingerprint density at radius 1 is 1.24 bits per heavy atom. The number of hydrogen-bond acceptors (Lipinski definition) is 4. The Balaban J connectivity index is 1.55. The fourth-order valence-electron chi connectivity index (χ4n) is 2.93. The quantitative estimate of drug-likeness (QED) is 0.553. The van der Waals surface area contributed by atoms with Crippen molar-refractivity contribution in [2.45, 2.75) is 63.8 Å². The second-order valence-electron chi connectivity index (χ2n) is 6.46. The zero-order valence-corrected chi connectivity index (χ0v) is 13.8. The third kappa shape index (κ3) is 5.89. The fourth-order valence-corrected chi connectivity index (χ4v) is 4.23. The molecular formula is C16H27NO3S. The van der Waals surface area contributed by atoms with Gasteiger partial charge in [0, 0.05) is 18.2 Å².